The predicted molar refractivity (Wildman–Crippen MR) is 139 cm³/mol. The molecule has 0 saturated carbocycles. The lowest BCUT2D eigenvalue weighted by atomic mass is 9.98. The van der Waals surface area contributed by atoms with Gasteiger partial charge in [-0.3, -0.25) is 0 Å². The molecular weight excluding hydrogens is 564 g/mol. The summed E-state index contributed by atoms with van der Waals surface area (Å²) in [6.45, 7) is -0.828. The number of aromatic hydroxyl groups is 2. The standard InChI is InChI=1S/C27H30O15/c1-37-11-5-16-20(12(7-19(31)40-16)10-2-3-13(28)14(29)4-10)17(6-11)41-27-25(36)23(34)22(33)18(42-27)9-39-26-24(35)21(32)15(30)8-38-26/h2-7,15,18,21-30,32-36H,8-9H2,1H3/t15-,18-,21+,22-,23+,24-,25-,26+,27-/m1/s1. The van der Waals surface area contributed by atoms with Gasteiger partial charge in [-0.25, -0.2) is 4.79 Å². The van der Waals surface area contributed by atoms with Crippen LogP contribution in [-0.2, 0) is 14.2 Å². The third-order valence-corrected chi connectivity index (χ3v) is 7.09. The van der Waals surface area contributed by atoms with E-state index in [4.69, 9.17) is 28.1 Å². The van der Waals surface area contributed by atoms with E-state index < -0.39 is 73.3 Å². The Kier molecular flexibility index (Phi) is 8.56. The van der Waals surface area contributed by atoms with E-state index in [1.54, 1.807) is 0 Å². The van der Waals surface area contributed by atoms with E-state index in [9.17, 15) is 45.6 Å². The van der Waals surface area contributed by atoms with Crippen molar-refractivity contribution < 1.29 is 69.0 Å². The molecule has 3 aromatic rings. The number of rotatable bonds is 7. The average Bonchev–Trinajstić information content (AvgIpc) is 2.97. The SMILES string of the molecule is COc1cc(O[C@@H]2O[C@H](CO[C@@H]3OC[C@@H](O)[C@H](O)[C@H]3O)[C@@H](O)[C@H](O)[C@H]2O)c2c(-c3ccc(O)c(O)c3)cc(=O)oc2c1. The summed E-state index contributed by atoms with van der Waals surface area (Å²) in [4.78, 5) is 12.4. The van der Waals surface area contributed by atoms with Gasteiger partial charge in [0.1, 0.15) is 59.8 Å². The minimum absolute atomic E-state index is 0.00522. The lowest BCUT2D eigenvalue weighted by Crippen LogP contribution is -2.61. The molecule has 9 atom stereocenters. The first-order chi connectivity index (χ1) is 20.0. The molecule has 8 N–H and O–H groups in total. The Labute approximate surface area is 236 Å². The van der Waals surface area contributed by atoms with Crippen molar-refractivity contribution in [3.63, 3.8) is 0 Å². The monoisotopic (exact) mass is 594 g/mol. The van der Waals surface area contributed by atoms with Gasteiger partial charge in [-0.1, -0.05) is 6.07 Å². The van der Waals surface area contributed by atoms with Crippen molar-refractivity contribution >= 4 is 11.0 Å². The van der Waals surface area contributed by atoms with Gasteiger partial charge in [-0.05, 0) is 17.7 Å². The lowest BCUT2D eigenvalue weighted by Gasteiger charge is -2.41. The summed E-state index contributed by atoms with van der Waals surface area (Å²) in [7, 11) is 1.35. The second-order valence-corrected chi connectivity index (χ2v) is 9.90. The molecule has 0 unspecified atom stereocenters. The van der Waals surface area contributed by atoms with Crippen LogP contribution in [0.15, 0.2) is 45.6 Å². The second kappa shape index (κ2) is 12.0. The summed E-state index contributed by atoms with van der Waals surface area (Å²) in [5.41, 5.74) is -0.249. The van der Waals surface area contributed by atoms with E-state index in [0.29, 0.717) is 5.56 Å². The fraction of sp³-hybridized carbons (Fsp3) is 0.444. The lowest BCUT2D eigenvalue weighted by molar-refractivity contribution is -0.307. The third-order valence-electron chi connectivity index (χ3n) is 7.09. The van der Waals surface area contributed by atoms with E-state index in [-0.39, 0.29) is 40.4 Å². The van der Waals surface area contributed by atoms with Gasteiger partial charge < -0.3 is 69.0 Å². The number of aliphatic hydroxyl groups excluding tert-OH is 6. The molecule has 3 heterocycles. The molecule has 0 amide bonds. The Morgan fingerprint density at radius 3 is 2.31 bits per heavy atom. The Bertz CT molecular complexity index is 1470. The van der Waals surface area contributed by atoms with Crippen LogP contribution in [0.2, 0.25) is 0 Å². The molecule has 1 aromatic heterocycles. The Morgan fingerprint density at radius 2 is 1.60 bits per heavy atom. The first kappa shape index (κ1) is 30.0. The maximum absolute atomic E-state index is 12.4. The molecule has 228 valence electrons. The summed E-state index contributed by atoms with van der Waals surface area (Å²) < 4.78 is 32.9. The molecule has 0 aliphatic carbocycles. The minimum atomic E-state index is -1.79. The molecule has 2 saturated heterocycles. The highest BCUT2D eigenvalue weighted by Crippen LogP contribution is 2.41. The number of benzene rings is 2. The average molecular weight is 595 g/mol. The molecule has 2 aliphatic rings. The van der Waals surface area contributed by atoms with Gasteiger partial charge in [0.2, 0.25) is 6.29 Å². The number of fused-ring (bicyclic) bond motifs is 1. The van der Waals surface area contributed by atoms with Gasteiger partial charge >= 0.3 is 5.63 Å². The zero-order valence-corrected chi connectivity index (χ0v) is 22.0. The van der Waals surface area contributed by atoms with Crippen molar-refractivity contribution in [1.29, 1.82) is 0 Å². The van der Waals surface area contributed by atoms with Crippen molar-refractivity contribution in [1.82, 2.24) is 0 Å². The van der Waals surface area contributed by atoms with E-state index in [0.717, 1.165) is 6.07 Å². The molecule has 15 heteroatoms. The highest BCUT2D eigenvalue weighted by atomic mass is 16.7. The van der Waals surface area contributed by atoms with Gasteiger partial charge in [-0.15, -0.1) is 0 Å². The number of hydrogen-bond acceptors (Lipinski definition) is 15. The number of phenolic OH excluding ortho intramolecular Hbond substituents is 2. The van der Waals surface area contributed by atoms with Gasteiger partial charge in [0, 0.05) is 23.8 Å². The van der Waals surface area contributed by atoms with E-state index in [1.807, 2.05) is 0 Å². The van der Waals surface area contributed by atoms with Crippen LogP contribution in [0.3, 0.4) is 0 Å². The molecule has 2 aliphatic heterocycles. The zero-order chi connectivity index (χ0) is 30.3. The maximum atomic E-state index is 12.4. The van der Waals surface area contributed by atoms with Crippen molar-refractivity contribution in [2.45, 2.75) is 55.3 Å². The van der Waals surface area contributed by atoms with Crippen LogP contribution in [0.25, 0.3) is 22.1 Å². The smallest absolute Gasteiger partial charge is 0.336 e. The topological polar surface area (TPSA) is 238 Å². The van der Waals surface area contributed by atoms with Crippen molar-refractivity contribution in [2.75, 3.05) is 20.3 Å². The normalized spacial score (nSPS) is 31.6. The predicted octanol–water partition coefficient (Wildman–Crippen LogP) is -1.48. The van der Waals surface area contributed by atoms with Crippen LogP contribution < -0.4 is 15.1 Å². The number of aliphatic hydroxyl groups is 6. The van der Waals surface area contributed by atoms with E-state index in [2.05, 4.69) is 0 Å². The zero-order valence-electron chi connectivity index (χ0n) is 22.0. The minimum Gasteiger partial charge on any atom is -0.504 e. The molecular formula is C27H30O15. The van der Waals surface area contributed by atoms with Gasteiger partial charge in [0.05, 0.1) is 25.7 Å². The molecule has 15 nitrogen and oxygen atoms in total. The summed E-state index contributed by atoms with van der Waals surface area (Å²) in [5, 5.41) is 81.4. The Balaban J connectivity index is 1.47. The van der Waals surface area contributed by atoms with Gasteiger partial charge in [-0.2, -0.15) is 0 Å². The van der Waals surface area contributed by atoms with Gasteiger partial charge in [0.25, 0.3) is 0 Å². The highest BCUT2D eigenvalue weighted by molar-refractivity contribution is 5.98. The summed E-state index contributed by atoms with van der Waals surface area (Å²) >= 11 is 0. The highest BCUT2D eigenvalue weighted by Gasteiger charge is 2.46. The number of methoxy groups -OCH3 is 1. The van der Waals surface area contributed by atoms with Crippen LogP contribution in [0.4, 0.5) is 0 Å². The third kappa shape index (κ3) is 5.74. The molecule has 42 heavy (non-hydrogen) atoms. The van der Waals surface area contributed by atoms with Crippen LogP contribution in [0.1, 0.15) is 0 Å². The summed E-state index contributed by atoms with van der Waals surface area (Å²) in [6.07, 6.45) is -14.1. The number of hydrogen-bond donors (Lipinski definition) is 8. The first-order valence-corrected chi connectivity index (χ1v) is 12.8. The van der Waals surface area contributed by atoms with Crippen LogP contribution in [0, 0.1) is 0 Å². The first-order valence-electron chi connectivity index (χ1n) is 12.8. The Hall–Kier alpha value is -3.51. The van der Waals surface area contributed by atoms with Gasteiger partial charge in [0.15, 0.2) is 17.8 Å². The van der Waals surface area contributed by atoms with Crippen molar-refractivity contribution in [3.8, 4) is 34.1 Å². The molecule has 0 radical (unpaired) electrons. The van der Waals surface area contributed by atoms with E-state index >= 15 is 0 Å². The number of ether oxygens (including phenoxy) is 5. The largest absolute Gasteiger partial charge is 0.504 e. The van der Waals surface area contributed by atoms with Crippen LogP contribution in [0.5, 0.6) is 23.0 Å². The molecule has 2 aromatic carbocycles. The fourth-order valence-electron chi connectivity index (χ4n) is 4.76. The molecule has 2 fully saturated rings. The van der Waals surface area contributed by atoms with E-state index in [1.165, 1.54) is 37.4 Å². The fourth-order valence-corrected chi connectivity index (χ4v) is 4.76. The molecule has 0 spiro atoms. The quantitative estimate of drug-likeness (QED) is 0.115. The summed E-state index contributed by atoms with van der Waals surface area (Å²) in [5.74, 6) is -0.710. The summed E-state index contributed by atoms with van der Waals surface area (Å²) in [6, 6.07) is 7.80. The van der Waals surface area contributed by atoms with Crippen LogP contribution in [-0.4, -0.2) is 116 Å². The molecule has 5 rings (SSSR count). The van der Waals surface area contributed by atoms with Crippen molar-refractivity contribution in [3.05, 3.63) is 46.8 Å². The Morgan fingerprint density at radius 1 is 0.857 bits per heavy atom. The second-order valence-electron chi connectivity index (χ2n) is 9.90. The maximum Gasteiger partial charge on any atom is 0.336 e. The molecule has 0 bridgehead atoms. The van der Waals surface area contributed by atoms with Crippen molar-refractivity contribution in [2.24, 2.45) is 0 Å². The number of phenols is 2. The van der Waals surface area contributed by atoms with Crippen LogP contribution >= 0.6 is 0 Å².